The molecule has 10 nitrogen and oxygen atoms in total. The fourth-order valence-electron chi connectivity index (χ4n) is 1.59. The van der Waals surface area contributed by atoms with Gasteiger partial charge in [0, 0.05) is 12.5 Å². The van der Waals surface area contributed by atoms with Gasteiger partial charge in [0.25, 0.3) is 5.69 Å². The number of carboxylic acids is 2. The van der Waals surface area contributed by atoms with Crippen LogP contribution in [0.1, 0.15) is 12.8 Å². The van der Waals surface area contributed by atoms with Gasteiger partial charge < -0.3 is 10.2 Å². The number of sulfonamides is 1. The number of rotatable bonds is 8. The average molecular weight is 332 g/mol. The molecule has 0 heterocycles. The molecule has 0 unspecified atom stereocenters. The zero-order valence-corrected chi connectivity index (χ0v) is 11.8. The topological polar surface area (TPSA) is 164 Å². The summed E-state index contributed by atoms with van der Waals surface area (Å²) in [6, 6.07) is 2.71. The molecule has 0 fully saturated rings. The molecule has 0 saturated carbocycles. The zero-order valence-electron chi connectivity index (χ0n) is 11.0. The summed E-state index contributed by atoms with van der Waals surface area (Å²) >= 11 is 0. The summed E-state index contributed by atoms with van der Waals surface area (Å²) in [6.07, 6.45) is -1.07. The Hall–Kier alpha value is -2.53. The van der Waals surface area contributed by atoms with Gasteiger partial charge in [-0.15, -0.1) is 0 Å². The summed E-state index contributed by atoms with van der Waals surface area (Å²) in [5.41, 5.74) is -0.711. The molecule has 0 aliphatic carbocycles. The standard InChI is InChI=1S/C11H12N2O8S/c14-10(15)6-5-7(11(16)17)12-22(20,21)9-4-2-1-3-8(9)13(18)19/h1-4,7,12H,5-6H2,(H,14,15)(H,16,17)/t7-/m1/s1. The van der Waals surface area contributed by atoms with Gasteiger partial charge in [0.1, 0.15) is 6.04 Å². The molecule has 22 heavy (non-hydrogen) atoms. The molecule has 120 valence electrons. The molecule has 0 bridgehead atoms. The second-order valence-electron chi connectivity index (χ2n) is 4.17. The van der Waals surface area contributed by atoms with Gasteiger partial charge in [0.15, 0.2) is 4.90 Å². The van der Waals surface area contributed by atoms with Crippen LogP contribution in [0.3, 0.4) is 0 Å². The van der Waals surface area contributed by atoms with E-state index in [0.29, 0.717) is 0 Å². The highest BCUT2D eigenvalue weighted by Crippen LogP contribution is 2.23. The van der Waals surface area contributed by atoms with E-state index < -0.39 is 56.4 Å². The lowest BCUT2D eigenvalue weighted by Gasteiger charge is -2.13. The summed E-state index contributed by atoms with van der Waals surface area (Å²) in [6.45, 7) is 0. The Morgan fingerprint density at radius 1 is 1.27 bits per heavy atom. The summed E-state index contributed by atoms with van der Waals surface area (Å²) in [5.74, 6) is -2.88. The molecule has 0 spiro atoms. The van der Waals surface area contributed by atoms with Gasteiger partial charge in [-0.25, -0.2) is 8.42 Å². The Morgan fingerprint density at radius 3 is 2.36 bits per heavy atom. The van der Waals surface area contributed by atoms with Crippen molar-refractivity contribution in [2.45, 2.75) is 23.8 Å². The van der Waals surface area contributed by atoms with E-state index in [1.165, 1.54) is 12.1 Å². The molecule has 11 heteroatoms. The predicted octanol–water partition coefficient (Wildman–Crippen LogP) is 0.191. The number of carboxylic acid groups (broad SMARTS) is 2. The molecular formula is C11H12N2O8S. The predicted molar refractivity (Wildman–Crippen MR) is 71.7 cm³/mol. The number of benzene rings is 1. The van der Waals surface area contributed by atoms with Crippen molar-refractivity contribution in [3.8, 4) is 0 Å². The number of nitro groups is 1. The smallest absolute Gasteiger partial charge is 0.321 e. The Labute approximate surface area is 124 Å². The number of aliphatic carboxylic acids is 2. The third-order valence-electron chi connectivity index (χ3n) is 2.59. The van der Waals surface area contributed by atoms with Crippen LogP contribution in [0.4, 0.5) is 5.69 Å². The van der Waals surface area contributed by atoms with Crippen molar-refractivity contribution in [3.05, 3.63) is 34.4 Å². The van der Waals surface area contributed by atoms with Gasteiger partial charge >= 0.3 is 11.9 Å². The fraction of sp³-hybridized carbons (Fsp3) is 0.273. The van der Waals surface area contributed by atoms with Gasteiger partial charge in [0.2, 0.25) is 10.0 Å². The number of nitro benzene ring substituents is 1. The van der Waals surface area contributed by atoms with Crippen LogP contribution in [0.5, 0.6) is 0 Å². The van der Waals surface area contributed by atoms with Crippen LogP contribution in [0.15, 0.2) is 29.2 Å². The number of para-hydroxylation sites is 1. The van der Waals surface area contributed by atoms with Crippen molar-refractivity contribution < 1.29 is 33.1 Å². The van der Waals surface area contributed by atoms with Crippen LogP contribution in [0, 0.1) is 10.1 Å². The van der Waals surface area contributed by atoms with Crippen LogP contribution >= 0.6 is 0 Å². The van der Waals surface area contributed by atoms with E-state index in [2.05, 4.69) is 0 Å². The highest BCUT2D eigenvalue weighted by Gasteiger charge is 2.30. The Kier molecular flexibility index (Phi) is 5.54. The minimum atomic E-state index is -4.49. The SMILES string of the molecule is O=C(O)CC[C@@H](NS(=O)(=O)c1ccccc1[N+](=O)[O-])C(=O)O. The summed E-state index contributed by atoms with van der Waals surface area (Å²) in [5, 5.41) is 28.3. The second kappa shape index (κ2) is 6.95. The lowest BCUT2D eigenvalue weighted by molar-refractivity contribution is -0.387. The molecule has 0 radical (unpaired) electrons. The van der Waals surface area contributed by atoms with Gasteiger partial charge in [-0.3, -0.25) is 19.7 Å². The first kappa shape index (κ1) is 17.5. The van der Waals surface area contributed by atoms with Gasteiger partial charge in [0.05, 0.1) is 4.92 Å². The van der Waals surface area contributed by atoms with E-state index in [0.717, 1.165) is 12.1 Å². The van der Waals surface area contributed by atoms with E-state index in [1.807, 2.05) is 0 Å². The first-order valence-electron chi connectivity index (χ1n) is 5.85. The van der Waals surface area contributed by atoms with Crippen LogP contribution in [0.25, 0.3) is 0 Å². The largest absolute Gasteiger partial charge is 0.481 e. The fourth-order valence-corrected chi connectivity index (χ4v) is 2.98. The van der Waals surface area contributed by atoms with Crippen LogP contribution in [0.2, 0.25) is 0 Å². The lowest BCUT2D eigenvalue weighted by atomic mass is 10.2. The van der Waals surface area contributed by atoms with Gasteiger partial charge in [-0.2, -0.15) is 4.72 Å². The maximum absolute atomic E-state index is 12.1. The molecule has 0 aliphatic heterocycles. The molecular weight excluding hydrogens is 320 g/mol. The molecule has 0 aromatic heterocycles. The second-order valence-corrected chi connectivity index (χ2v) is 5.85. The average Bonchev–Trinajstić information content (AvgIpc) is 2.42. The van der Waals surface area contributed by atoms with Crippen LogP contribution in [-0.2, 0) is 19.6 Å². The highest BCUT2D eigenvalue weighted by molar-refractivity contribution is 7.89. The van der Waals surface area contributed by atoms with E-state index in [4.69, 9.17) is 10.2 Å². The van der Waals surface area contributed by atoms with E-state index in [1.54, 1.807) is 4.72 Å². The summed E-state index contributed by atoms with van der Waals surface area (Å²) in [7, 11) is -4.49. The monoisotopic (exact) mass is 332 g/mol. The summed E-state index contributed by atoms with van der Waals surface area (Å²) < 4.78 is 25.9. The molecule has 0 amide bonds. The van der Waals surface area contributed by atoms with Gasteiger partial charge in [-0.1, -0.05) is 12.1 Å². The third-order valence-corrected chi connectivity index (χ3v) is 4.11. The number of nitrogens with one attached hydrogen (secondary N) is 1. The highest BCUT2D eigenvalue weighted by atomic mass is 32.2. The van der Waals surface area contributed by atoms with Crippen LogP contribution < -0.4 is 4.72 Å². The minimum Gasteiger partial charge on any atom is -0.481 e. The number of hydrogen-bond acceptors (Lipinski definition) is 6. The van der Waals surface area contributed by atoms with Crippen LogP contribution in [-0.4, -0.2) is 41.5 Å². The van der Waals surface area contributed by atoms with Crippen molar-refractivity contribution >= 4 is 27.6 Å². The molecule has 1 rings (SSSR count). The van der Waals surface area contributed by atoms with Crippen molar-refractivity contribution in [2.75, 3.05) is 0 Å². The number of hydrogen-bond donors (Lipinski definition) is 3. The first-order valence-corrected chi connectivity index (χ1v) is 7.34. The Morgan fingerprint density at radius 2 is 1.86 bits per heavy atom. The zero-order chi connectivity index (χ0) is 16.9. The van der Waals surface area contributed by atoms with Crippen molar-refractivity contribution in [3.63, 3.8) is 0 Å². The number of carbonyl (C=O) groups is 2. The molecule has 0 aliphatic rings. The first-order chi connectivity index (χ1) is 10.1. The quantitative estimate of drug-likeness (QED) is 0.448. The molecule has 1 aromatic carbocycles. The van der Waals surface area contributed by atoms with Crippen molar-refractivity contribution in [1.82, 2.24) is 4.72 Å². The Bertz CT molecular complexity index is 700. The van der Waals surface area contributed by atoms with Crippen molar-refractivity contribution in [2.24, 2.45) is 0 Å². The maximum Gasteiger partial charge on any atom is 0.321 e. The molecule has 0 saturated heterocycles. The molecule has 1 aromatic rings. The van der Waals surface area contributed by atoms with Gasteiger partial charge in [-0.05, 0) is 12.5 Å². The maximum atomic E-state index is 12.1. The van der Waals surface area contributed by atoms with E-state index >= 15 is 0 Å². The summed E-state index contributed by atoms with van der Waals surface area (Å²) in [4.78, 5) is 30.6. The number of nitrogens with zero attached hydrogens (tertiary/aromatic N) is 1. The van der Waals surface area contributed by atoms with E-state index in [9.17, 15) is 28.1 Å². The van der Waals surface area contributed by atoms with E-state index in [-0.39, 0.29) is 0 Å². The third kappa shape index (κ3) is 4.49. The Balaban J connectivity index is 3.10. The van der Waals surface area contributed by atoms with Crippen molar-refractivity contribution in [1.29, 1.82) is 0 Å². The molecule has 3 N–H and O–H groups in total. The normalized spacial score (nSPS) is 12.5. The lowest BCUT2D eigenvalue weighted by Crippen LogP contribution is -2.41. The minimum absolute atomic E-state index is 0.496. The molecule has 1 atom stereocenters.